The zero-order chi connectivity index (χ0) is 12.9. The van der Waals surface area contributed by atoms with Gasteiger partial charge in [-0.1, -0.05) is 0 Å². The molecule has 0 aromatic rings. The Morgan fingerprint density at radius 3 is 2.31 bits per heavy atom. The van der Waals surface area contributed by atoms with Crippen LogP contribution < -0.4 is 0 Å². The highest BCUT2D eigenvalue weighted by molar-refractivity contribution is 5.80. The standard InChI is InChI=1S/C11H17NO4/c1-6-7-8(9(13)14)12(5)10(15)16-11(2,3)4/h1,8H,7H2,2-5H3,(H,13,14)/t8-/m0/s1. The SMILES string of the molecule is C#CC[C@@H](C(=O)O)N(C)C(=O)OC(C)(C)C. The minimum atomic E-state index is -1.15. The van der Waals surface area contributed by atoms with Crippen molar-refractivity contribution in [3.63, 3.8) is 0 Å². The van der Waals surface area contributed by atoms with Gasteiger partial charge >= 0.3 is 12.1 Å². The van der Waals surface area contributed by atoms with Crippen molar-refractivity contribution in [1.82, 2.24) is 4.90 Å². The monoisotopic (exact) mass is 227 g/mol. The van der Waals surface area contributed by atoms with Crippen LogP contribution in [0.2, 0.25) is 0 Å². The largest absolute Gasteiger partial charge is 0.480 e. The number of terminal acetylenes is 1. The van der Waals surface area contributed by atoms with Crippen LogP contribution >= 0.6 is 0 Å². The van der Waals surface area contributed by atoms with E-state index in [1.54, 1.807) is 20.8 Å². The second-order valence-electron chi connectivity index (χ2n) is 4.35. The van der Waals surface area contributed by atoms with Gasteiger partial charge in [0.15, 0.2) is 0 Å². The molecule has 5 nitrogen and oxygen atoms in total. The molecule has 1 amide bonds. The number of nitrogens with zero attached hydrogens (tertiary/aromatic N) is 1. The Balaban J connectivity index is 4.63. The first-order valence-corrected chi connectivity index (χ1v) is 4.81. The second kappa shape index (κ2) is 5.40. The summed E-state index contributed by atoms with van der Waals surface area (Å²) in [5, 5.41) is 8.88. The molecule has 16 heavy (non-hydrogen) atoms. The van der Waals surface area contributed by atoms with Gasteiger partial charge in [-0.25, -0.2) is 9.59 Å². The van der Waals surface area contributed by atoms with Crippen molar-refractivity contribution in [3.8, 4) is 12.3 Å². The van der Waals surface area contributed by atoms with Crippen LogP contribution in [0, 0.1) is 12.3 Å². The molecular weight excluding hydrogens is 210 g/mol. The lowest BCUT2D eigenvalue weighted by atomic mass is 10.2. The molecule has 0 saturated heterocycles. The lowest BCUT2D eigenvalue weighted by molar-refractivity contribution is -0.142. The topological polar surface area (TPSA) is 66.8 Å². The maximum absolute atomic E-state index is 11.6. The van der Waals surface area contributed by atoms with E-state index in [0.717, 1.165) is 4.90 Å². The number of rotatable bonds is 3. The number of amides is 1. The number of hydrogen-bond acceptors (Lipinski definition) is 3. The van der Waals surface area contributed by atoms with Crippen LogP contribution in [0.5, 0.6) is 0 Å². The quantitative estimate of drug-likeness (QED) is 0.738. The molecule has 0 saturated carbocycles. The normalized spacial score (nSPS) is 12.4. The molecule has 0 radical (unpaired) electrons. The second-order valence-corrected chi connectivity index (χ2v) is 4.35. The van der Waals surface area contributed by atoms with Crippen molar-refractivity contribution in [3.05, 3.63) is 0 Å². The number of carbonyl (C=O) groups is 2. The number of aliphatic carboxylic acids is 1. The van der Waals surface area contributed by atoms with Gasteiger partial charge in [0.05, 0.1) is 0 Å². The Hall–Kier alpha value is -1.70. The van der Waals surface area contributed by atoms with E-state index in [4.69, 9.17) is 16.3 Å². The van der Waals surface area contributed by atoms with Crippen LogP contribution in [0.1, 0.15) is 27.2 Å². The molecule has 0 rings (SSSR count). The molecule has 1 N–H and O–H groups in total. The van der Waals surface area contributed by atoms with E-state index in [1.165, 1.54) is 7.05 Å². The zero-order valence-electron chi connectivity index (χ0n) is 9.98. The Morgan fingerprint density at radius 1 is 1.50 bits per heavy atom. The summed E-state index contributed by atoms with van der Waals surface area (Å²) in [6.07, 6.45) is 4.29. The van der Waals surface area contributed by atoms with E-state index in [1.807, 2.05) is 0 Å². The Kier molecular flexibility index (Phi) is 4.83. The van der Waals surface area contributed by atoms with Gasteiger partial charge in [0.1, 0.15) is 11.6 Å². The first-order valence-electron chi connectivity index (χ1n) is 4.81. The number of carbonyl (C=O) groups excluding carboxylic acids is 1. The van der Waals surface area contributed by atoms with Gasteiger partial charge in [-0.2, -0.15) is 0 Å². The predicted octanol–water partition coefficient (Wildman–Crippen LogP) is 1.33. The summed E-state index contributed by atoms with van der Waals surface area (Å²) in [5.41, 5.74) is -0.662. The van der Waals surface area contributed by atoms with E-state index in [2.05, 4.69) is 5.92 Å². The molecule has 0 heterocycles. The zero-order valence-corrected chi connectivity index (χ0v) is 9.98. The Bertz CT molecular complexity index is 311. The third-order valence-corrected chi connectivity index (χ3v) is 1.75. The maximum atomic E-state index is 11.6. The highest BCUT2D eigenvalue weighted by Gasteiger charge is 2.29. The van der Waals surface area contributed by atoms with E-state index in [-0.39, 0.29) is 6.42 Å². The maximum Gasteiger partial charge on any atom is 0.410 e. The smallest absolute Gasteiger partial charge is 0.410 e. The predicted molar refractivity (Wildman–Crippen MR) is 58.9 cm³/mol. The number of carboxylic acids is 1. The van der Waals surface area contributed by atoms with Gasteiger partial charge < -0.3 is 9.84 Å². The summed E-state index contributed by atoms with van der Waals surface area (Å²) in [7, 11) is 1.35. The third kappa shape index (κ3) is 4.69. The molecule has 0 aliphatic rings. The summed E-state index contributed by atoms with van der Waals surface area (Å²) in [4.78, 5) is 23.4. The highest BCUT2D eigenvalue weighted by atomic mass is 16.6. The van der Waals surface area contributed by atoms with Gasteiger partial charge in [-0.05, 0) is 20.8 Å². The van der Waals surface area contributed by atoms with Crippen molar-refractivity contribution in [2.24, 2.45) is 0 Å². The molecular formula is C11H17NO4. The Labute approximate surface area is 95.4 Å². The molecule has 1 atom stereocenters. The van der Waals surface area contributed by atoms with Gasteiger partial charge in [0.25, 0.3) is 0 Å². The van der Waals surface area contributed by atoms with Crippen LogP contribution in [0.4, 0.5) is 4.79 Å². The molecule has 0 aliphatic carbocycles. The molecule has 5 heteroatoms. The molecule has 0 unspecified atom stereocenters. The summed E-state index contributed by atoms with van der Waals surface area (Å²) in [6.45, 7) is 5.11. The first-order chi connectivity index (χ1) is 7.19. The fraction of sp³-hybridized carbons (Fsp3) is 0.636. The number of hydrogen-bond donors (Lipinski definition) is 1. The fourth-order valence-electron chi connectivity index (χ4n) is 0.963. The summed E-state index contributed by atoms with van der Waals surface area (Å²) >= 11 is 0. The van der Waals surface area contributed by atoms with Crippen molar-refractivity contribution in [1.29, 1.82) is 0 Å². The van der Waals surface area contributed by atoms with Gasteiger partial charge in [-0.3, -0.25) is 4.90 Å². The van der Waals surface area contributed by atoms with E-state index in [0.29, 0.717) is 0 Å². The van der Waals surface area contributed by atoms with Crippen LogP contribution in [-0.2, 0) is 9.53 Å². The lowest BCUT2D eigenvalue weighted by Crippen LogP contribution is -2.44. The van der Waals surface area contributed by atoms with Crippen molar-refractivity contribution >= 4 is 12.1 Å². The molecule has 0 aromatic heterocycles. The van der Waals surface area contributed by atoms with Crippen molar-refractivity contribution < 1.29 is 19.4 Å². The van der Waals surface area contributed by atoms with Crippen LogP contribution in [0.25, 0.3) is 0 Å². The van der Waals surface area contributed by atoms with E-state index in [9.17, 15) is 9.59 Å². The van der Waals surface area contributed by atoms with Crippen molar-refractivity contribution in [2.75, 3.05) is 7.05 Å². The molecule has 0 bridgehead atoms. The number of likely N-dealkylation sites (N-methyl/N-ethyl adjacent to an activating group) is 1. The van der Waals surface area contributed by atoms with E-state index >= 15 is 0 Å². The van der Waals surface area contributed by atoms with Crippen LogP contribution in [0.3, 0.4) is 0 Å². The summed E-state index contributed by atoms with van der Waals surface area (Å²) < 4.78 is 5.03. The highest BCUT2D eigenvalue weighted by Crippen LogP contribution is 2.12. The molecule has 0 aromatic carbocycles. The molecule has 0 fully saturated rings. The minimum absolute atomic E-state index is 0.0505. The summed E-state index contributed by atoms with van der Waals surface area (Å²) in [6, 6.07) is -1.06. The third-order valence-electron chi connectivity index (χ3n) is 1.75. The average molecular weight is 227 g/mol. The molecule has 0 spiro atoms. The van der Waals surface area contributed by atoms with Gasteiger partial charge in [0, 0.05) is 13.5 Å². The van der Waals surface area contributed by atoms with E-state index < -0.39 is 23.7 Å². The summed E-state index contributed by atoms with van der Waals surface area (Å²) in [5.74, 6) is 1.07. The first kappa shape index (κ1) is 14.3. The fourth-order valence-corrected chi connectivity index (χ4v) is 0.963. The average Bonchev–Trinajstić information content (AvgIpc) is 2.09. The van der Waals surface area contributed by atoms with Crippen LogP contribution in [0.15, 0.2) is 0 Å². The minimum Gasteiger partial charge on any atom is -0.480 e. The molecule has 90 valence electrons. The van der Waals surface area contributed by atoms with Gasteiger partial charge in [0.2, 0.25) is 0 Å². The van der Waals surface area contributed by atoms with Gasteiger partial charge in [-0.15, -0.1) is 12.3 Å². The Morgan fingerprint density at radius 2 is 2.00 bits per heavy atom. The van der Waals surface area contributed by atoms with Crippen LogP contribution in [-0.4, -0.2) is 40.8 Å². The lowest BCUT2D eigenvalue weighted by Gasteiger charge is -2.27. The number of carboxylic acid groups (broad SMARTS) is 1. The number of ether oxygens (including phenoxy) is 1. The van der Waals surface area contributed by atoms with Crippen molar-refractivity contribution in [2.45, 2.75) is 38.8 Å². The molecule has 0 aliphatic heterocycles.